The number of aryl methyl sites for hydroxylation is 1. The van der Waals surface area contributed by atoms with Crippen molar-refractivity contribution in [2.24, 2.45) is 0 Å². The fraction of sp³-hybridized carbons (Fsp3) is 0.273. The van der Waals surface area contributed by atoms with Crippen molar-refractivity contribution < 1.29 is 14.0 Å². The zero-order valence-corrected chi connectivity index (χ0v) is 16.7. The summed E-state index contributed by atoms with van der Waals surface area (Å²) in [6, 6.07) is 12.9. The lowest BCUT2D eigenvalue weighted by molar-refractivity contribution is 0.0827. The summed E-state index contributed by atoms with van der Waals surface area (Å²) >= 11 is 0. The van der Waals surface area contributed by atoms with E-state index in [0.717, 1.165) is 22.7 Å². The molecule has 0 aliphatic carbocycles. The van der Waals surface area contributed by atoms with E-state index in [0.29, 0.717) is 24.2 Å². The zero-order valence-electron chi connectivity index (χ0n) is 16.7. The van der Waals surface area contributed by atoms with Crippen LogP contribution in [0.4, 0.5) is 0 Å². The number of carbonyl (C=O) groups is 2. The van der Waals surface area contributed by atoms with Crippen LogP contribution >= 0.6 is 0 Å². The number of hydrogen-bond acceptors (Lipinski definition) is 3. The van der Waals surface area contributed by atoms with E-state index >= 15 is 0 Å². The van der Waals surface area contributed by atoms with Gasteiger partial charge in [0.1, 0.15) is 5.76 Å². The van der Waals surface area contributed by atoms with Gasteiger partial charge in [0.25, 0.3) is 11.8 Å². The number of aromatic nitrogens is 1. The van der Waals surface area contributed by atoms with Gasteiger partial charge in [0.15, 0.2) is 0 Å². The summed E-state index contributed by atoms with van der Waals surface area (Å²) in [4.78, 5) is 26.1. The van der Waals surface area contributed by atoms with Crippen molar-refractivity contribution in [3.8, 4) is 0 Å². The maximum atomic E-state index is 12.7. The first-order valence-corrected chi connectivity index (χ1v) is 9.14. The van der Waals surface area contributed by atoms with E-state index in [1.165, 1.54) is 4.90 Å². The fourth-order valence-electron chi connectivity index (χ4n) is 3.13. The van der Waals surface area contributed by atoms with E-state index in [4.69, 9.17) is 4.42 Å². The third-order valence-corrected chi connectivity index (χ3v) is 4.77. The summed E-state index contributed by atoms with van der Waals surface area (Å²) in [5.74, 6) is 0.688. The lowest BCUT2D eigenvalue weighted by atomic mass is 10.1. The molecular weight excluding hydrogens is 354 g/mol. The van der Waals surface area contributed by atoms with Crippen LogP contribution in [0.3, 0.4) is 0 Å². The number of nitrogens with one attached hydrogen (secondary N) is 1. The number of rotatable bonds is 6. The third kappa shape index (κ3) is 4.17. The monoisotopic (exact) mass is 379 g/mol. The van der Waals surface area contributed by atoms with E-state index in [1.54, 1.807) is 32.5 Å². The van der Waals surface area contributed by atoms with Crippen molar-refractivity contribution in [3.63, 3.8) is 0 Å². The first kappa shape index (κ1) is 19.5. The Balaban J connectivity index is 1.66. The van der Waals surface area contributed by atoms with Crippen LogP contribution in [-0.2, 0) is 13.1 Å². The highest BCUT2D eigenvalue weighted by molar-refractivity contribution is 5.96. The normalized spacial score (nSPS) is 10.7. The fourth-order valence-corrected chi connectivity index (χ4v) is 3.13. The van der Waals surface area contributed by atoms with E-state index < -0.39 is 0 Å². The molecule has 3 aromatic rings. The van der Waals surface area contributed by atoms with Gasteiger partial charge in [-0.1, -0.05) is 12.1 Å². The third-order valence-electron chi connectivity index (χ3n) is 4.77. The number of hydrogen-bond donors (Lipinski definition) is 1. The molecule has 0 unspecified atom stereocenters. The van der Waals surface area contributed by atoms with Crippen molar-refractivity contribution in [2.75, 3.05) is 14.1 Å². The number of amides is 2. The minimum Gasteiger partial charge on any atom is -0.467 e. The molecule has 146 valence electrons. The molecule has 28 heavy (non-hydrogen) atoms. The van der Waals surface area contributed by atoms with Crippen LogP contribution in [0.2, 0.25) is 0 Å². The smallest absolute Gasteiger partial charge is 0.253 e. The maximum absolute atomic E-state index is 12.7. The van der Waals surface area contributed by atoms with Gasteiger partial charge in [0.05, 0.1) is 18.4 Å². The average Bonchev–Trinajstić information content (AvgIpc) is 3.29. The summed E-state index contributed by atoms with van der Waals surface area (Å²) in [6.45, 7) is 4.91. The summed E-state index contributed by atoms with van der Waals surface area (Å²) in [6.07, 6.45) is 1.65. The zero-order chi connectivity index (χ0) is 20.3. The van der Waals surface area contributed by atoms with Gasteiger partial charge in [-0.05, 0) is 49.7 Å². The number of benzene rings is 1. The quantitative estimate of drug-likeness (QED) is 0.714. The van der Waals surface area contributed by atoms with Gasteiger partial charge in [-0.2, -0.15) is 0 Å². The van der Waals surface area contributed by atoms with Gasteiger partial charge in [0, 0.05) is 37.6 Å². The predicted molar refractivity (Wildman–Crippen MR) is 107 cm³/mol. The Bertz CT molecular complexity index is 967. The van der Waals surface area contributed by atoms with Crippen LogP contribution in [-0.4, -0.2) is 35.4 Å². The minimum absolute atomic E-state index is 0.0421. The highest BCUT2D eigenvalue weighted by Gasteiger charge is 2.16. The Morgan fingerprint density at radius 2 is 1.82 bits per heavy atom. The van der Waals surface area contributed by atoms with Crippen molar-refractivity contribution in [1.29, 1.82) is 0 Å². The molecule has 0 radical (unpaired) electrons. The molecule has 3 rings (SSSR count). The van der Waals surface area contributed by atoms with Crippen LogP contribution in [0, 0.1) is 13.8 Å². The van der Waals surface area contributed by atoms with Gasteiger partial charge in [-0.3, -0.25) is 9.59 Å². The molecule has 2 aromatic heterocycles. The second-order valence-corrected chi connectivity index (χ2v) is 7.03. The molecular formula is C22H25N3O3. The largest absolute Gasteiger partial charge is 0.467 e. The van der Waals surface area contributed by atoms with Gasteiger partial charge >= 0.3 is 0 Å². The number of nitrogens with zero attached hydrogens (tertiary/aromatic N) is 2. The molecule has 0 saturated heterocycles. The van der Waals surface area contributed by atoms with Crippen LogP contribution < -0.4 is 5.32 Å². The Kier molecular flexibility index (Phi) is 5.68. The van der Waals surface area contributed by atoms with Crippen molar-refractivity contribution >= 4 is 11.8 Å². The van der Waals surface area contributed by atoms with E-state index in [2.05, 4.69) is 9.88 Å². The Hall–Kier alpha value is -3.28. The molecule has 0 bridgehead atoms. The van der Waals surface area contributed by atoms with Gasteiger partial charge in [-0.15, -0.1) is 0 Å². The van der Waals surface area contributed by atoms with Gasteiger partial charge < -0.3 is 19.2 Å². The van der Waals surface area contributed by atoms with Crippen molar-refractivity contribution in [3.05, 3.63) is 82.6 Å². The topological polar surface area (TPSA) is 67.5 Å². The molecule has 6 nitrogen and oxygen atoms in total. The van der Waals surface area contributed by atoms with Crippen LogP contribution in [0.1, 0.15) is 43.4 Å². The molecule has 0 saturated carbocycles. The minimum atomic E-state index is -0.118. The summed E-state index contributed by atoms with van der Waals surface area (Å²) in [5, 5.41) is 2.96. The van der Waals surface area contributed by atoms with Crippen molar-refractivity contribution in [2.45, 2.75) is 26.9 Å². The summed E-state index contributed by atoms with van der Waals surface area (Å²) in [7, 11) is 3.44. The second kappa shape index (κ2) is 8.17. The summed E-state index contributed by atoms with van der Waals surface area (Å²) in [5.41, 5.74) is 4.13. The molecule has 2 amide bonds. The van der Waals surface area contributed by atoms with E-state index in [-0.39, 0.29) is 11.8 Å². The van der Waals surface area contributed by atoms with Gasteiger partial charge in [-0.25, -0.2) is 0 Å². The number of furan rings is 1. The SMILES string of the molecule is Cc1cc(C(=O)NCc2ccc(C(=O)N(C)C)cc2)c(C)n1Cc1ccco1. The lowest BCUT2D eigenvalue weighted by Crippen LogP contribution is -2.24. The van der Waals surface area contributed by atoms with Crippen LogP contribution in [0.25, 0.3) is 0 Å². The molecule has 6 heteroatoms. The summed E-state index contributed by atoms with van der Waals surface area (Å²) < 4.78 is 7.48. The van der Waals surface area contributed by atoms with Crippen LogP contribution in [0.15, 0.2) is 53.1 Å². The highest BCUT2D eigenvalue weighted by Crippen LogP contribution is 2.17. The highest BCUT2D eigenvalue weighted by atomic mass is 16.3. The molecule has 2 heterocycles. The first-order valence-electron chi connectivity index (χ1n) is 9.14. The molecule has 0 fully saturated rings. The van der Waals surface area contributed by atoms with Crippen LogP contribution in [0.5, 0.6) is 0 Å². The van der Waals surface area contributed by atoms with Crippen molar-refractivity contribution in [1.82, 2.24) is 14.8 Å². The molecule has 0 aliphatic rings. The molecule has 0 aliphatic heterocycles. The first-order chi connectivity index (χ1) is 13.4. The van der Waals surface area contributed by atoms with Gasteiger partial charge in [0.2, 0.25) is 0 Å². The molecule has 0 spiro atoms. The predicted octanol–water partition coefficient (Wildman–Crippen LogP) is 3.38. The Morgan fingerprint density at radius 1 is 1.11 bits per heavy atom. The maximum Gasteiger partial charge on any atom is 0.253 e. The van der Waals surface area contributed by atoms with E-state index in [9.17, 15) is 9.59 Å². The molecule has 1 aromatic carbocycles. The Labute approximate surface area is 164 Å². The lowest BCUT2D eigenvalue weighted by Gasteiger charge is -2.11. The number of carbonyl (C=O) groups excluding carboxylic acids is 2. The molecule has 0 atom stereocenters. The van der Waals surface area contributed by atoms with E-state index in [1.807, 2.05) is 44.2 Å². The standard InChI is InChI=1S/C22H25N3O3/c1-15-12-20(16(2)25(15)14-19-6-5-11-28-19)21(26)23-13-17-7-9-18(10-8-17)22(27)24(3)4/h5-12H,13-14H2,1-4H3,(H,23,26). The Morgan fingerprint density at radius 3 is 2.43 bits per heavy atom. The second-order valence-electron chi connectivity index (χ2n) is 7.03. The average molecular weight is 379 g/mol. The molecule has 1 N–H and O–H groups in total.